The lowest BCUT2D eigenvalue weighted by Gasteiger charge is -2.23. The predicted molar refractivity (Wildman–Crippen MR) is 137 cm³/mol. The van der Waals surface area contributed by atoms with E-state index < -0.39 is 5.97 Å². The van der Waals surface area contributed by atoms with Crippen molar-refractivity contribution in [1.29, 1.82) is 0 Å². The van der Waals surface area contributed by atoms with Crippen LogP contribution in [0.15, 0.2) is 36.4 Å². The zero-order chi connectivity index (χ0) is 25.0. The standard InChI is InChI=1S/C27H37N3O5/c1-4-33-26(32)18-35-22-11-12-23(30-25(31)16-21-10-5-6-13-28-21)24(17-22)29-14-15-34-27-19(2)8-7-9-20(27)3/h7-9,11-12,17,21,28-29H,4-6,10,13-16,18H2,1-3H3,(H,30,31). The van der Waals surface area contributed by atoms with Crippen LogP contribution in [0.1, 0.15) is 43.7 Å². The van der Waals surface area contributed by atoms with Crippen LogP contribution in [0, 0.1) is 13.8 Å². The molecule has 35 heavy (non-hydrogen) atoms. The van der Waals surface area contributed by atoms with Crippen LogP contribution in [0.4, 0.5) is 11.4 Å². The number of hydrogen-bond donors (Lipinski definition) is 3. The maximum absolute atomic E-state index is 12.7. The number of ether oxygens (including phenoxy) is 3. The van der Waals surface area contributed by atoms with Crippen molar-refractivity contribution in [3.05, 3.63) is 47.5 Å². The molecule has 0 aromatic heterocycles. The van der Waals surface area contributed by atoms with Crippen molar-refractivity contribution in [2.24, 2.45) is 0 Å². The summed E-state index contributed by atoms with van der Waals surface area (Å²) >= 11 is 0. The summed E-state index contributed by atoms with van der Waals surface area (Å²) in [6.07, 6.45) is 3.74. The highest BCUT2D eigenvalue weighted by molar-refractivity contribution is 5.94. The fraction of sp³-hybridized carbons (Fsp3) is 0.481. The van der Waals surface area contributed by atoms with Gasteiger partial charge in [-0.15, -0.1) is 0 Å². The van der Waals surface area contributed by atoms with Crippen LogP contribution >= 0.6 is 0 Å². The Morgan fingerprint density at radius 3 is 2.57 bits per heavy atom. The minimum absolute atomic E-state index is 0.0422. The molecule has 190 valence electrons. The van der Waals surface area contributed by atoms with E-state index in [9.17, 15) is 9.59 Å². The normalized spacial score (nSPS) is 15.2. The SMILES string of the molecule is CCOC(=O)COc1ccc(NC(=O)CC2CCCCN2)c(NCCOc2c(C)cccc2C)c1. The molecule has 8 nitrogen and oxygen atoms in total. The summed E-state index contributed by atoms with van der Waals surface area (Å²) in [5.74, 6) is 0.915. The zero-order valence-electron chi connectivity index (χ0n) is 20.9. The van der Waals surface area contributed by atoms with E-state index >= 15 is 0 Å². The molecule has 1 aliphatic heterocycles. The van der Waals surface area contributed by atoms with Crippen LogP contribution < -0.4 is 25.4 Å². The maximum Gasteiger partial charge on any atom is 0.344 e. The lowest BCUT2D eigenvalue weighted by Crippen LogP contribution is -2.37. The fourth-order valence-corrected chi connectivity index (χ4v) is 4.10. The summed E-state index contributed by atoms with van der Waals surface area (Å²) < 4.78 is 16.5. The van der Waals surface area contributed by atoms with Gasteiger partial charge in [0.15, 0.2) is 6.61 Å². The second kappa shape index (κ2) is 13.6. The first-order chi connectivity index (χ1) is 17.0. The number of hydrogen-bond acceptors (Lipinski definition) is 7. The third-order valence-electron chi connectivity index (χ3n) is 5.84. The van der Waals surface area contributed by atoms with Crippen LogP contribution in [0.2, 0.25) is 0 Å². The van der Waals surface area contributed by atoms with Crippen LogP contribution in [0.25, 0.3) is 0 Å². The first kappa shape index (κ1) is 26.3. The van der Waals surface area contributed by atoms with Gasteiger partial charge in [0.2, 0.25) is 5.91 Å². The molecule has 3 N–H and O–H groups in total. The molecule has 0 saturated carbocycles. The second-order valence-corrected chi connectivity index (χ2v) is 8.70. The van der Waals surface area contributed by atoms with Crippen molar-refractivity contribution < 1.29 is 23.8 Å². The Morgan fingerprint density at radius 1 is 1.06 bits per heavy atom. The predicted octanol–water partition coefficient (Wildman–Crippen LogP) is 4.21. The summed E-state index contributed by atoms with van der Waals surface area (Å²) in [5.41, 5.74) is 3.52. The fourth-order valence-electron chi connectivity index (χ4n) is 4.10. The highest BCUT2D eigenvalue weighted by atomic mass is 16.6. The molecule has 8 heteroatoms. The molecule has 2 aromatic rings. The Bertz CT molecular complexity index is 969. The second-order valence-electron chi connectivity index (χ2n) is 8.70. The number of piperidine rings is 1. The van der Waals surface area contributed by atoms with Gasteiger partial charge < -0.3 is 30.2 Å². The Kier molecular flexibility index (Phi) is 10.2. The third kappa shape index (κ3) is 8.47. The number of para-hydroxylation sites is 1. The lowest BCUT2D eigenvalue weighted by molar-refractivity contribution is -0.145. The van der Waals surface area contributed by atoms with Crippen molar-refractivity contribution in [1.82, 2.24) is 5.32 Å². The molecule has 2 aromatic carbocycles. The number of carbonyl (C=O) groups is 2. The van der Waals surface area contributed by atoms with E-state index in [0.29, 0.717) is 43.3 Å². The summed E-state index contributed by atoms with van der Waals surface area (Å²) in [7, 11) is 0. The number of amides is 1. The average Bonchev–Trinajstić information content (AvgIpc) is 2.84. The van der Waals surface area contributed by atoms with E-state index in [4.69, 9.17) is 14.2 Å². The van der Waals surface area contributed by atoms with E-state index in [1.807, 2.05) is 32.0 Å². The van der Waals surface area contributed by atoms with Gasteiger partial charge >= 0.3 is 5.97 Å². The van der Waals surface area contributed by atoms with Gasteiger partial charge in [-0.3, -0.25) is 4.79 Å². The number of rotatable bonds is 12. The molecule has 0 radical (unpaired) electrons. The van der Waals surface area contributed by atoms with Crippen molar-refractivity contribution in [3.8, 4) is 11.5 Å². The van der Waals surface area contributed by atoms with E-state index in [1.54, 1.807) is 25.1 Å². The number of benzene rings is 2. The lowest BCUT2D eigenvalue weighted by atomic mass is 10.0. The molecule has 0 spiro atoms. The molecule has 1 unspecified atom stereocenters. The average molecular weight is 484 g/mol. The molecule has 0 aliphatic carbocycles. The van der Waals surface area contributed by atoms with Gasteiger partial charge in [-0.1, -0.05) is 24.6 Å². The zero-order valence-corrected chi connectivity index (χ0v) is 20.9. The molecule has 1 atom stereocenters. The summed E-state index contributed by atoms with van der Waals surface area (Å²) in [6, 6.07) is 11.5. The van der Waals surface area contributed by atoms with E-state index in [0.717, 1.165) is 42.7 Å². The third-order valence-corrected chi connectivity index (χ3v) is 5.84. The van der Waals surface area contributed by atoms with Crippen molar-refractivity contribution >= 4 is 23.3 Å². The first-order valence-corrected chi connectivity index (χ1v) is 12.3. The molecule has 1 saturated heterocycles. The van der Waals surface area contributed by atoms with Crippen molar-refractivity contribution in [2.45, 2.75) is 52.5 Å². The van der Waals surface area contributed by atoms with Gasteiger partial charge in [0.25, 0.3) is 0 Å². The van der Waals surface area contributed by atoms with Crippen molar-refractivity contribution in [2.75, 3.05) is 43.5 Å². The highest BCUT2D eigenvalue weighted by Crippen LogP contribution is 2.28. The molecule has 1 fully saturated rings. The van der Waals surface area contributed by atoms with E-state index in [1.165, 1.54) is 0 Å². The van der Waals surface area contributed by atoms with E-state index in [2.05, 4.69) is 16.0 Å². The molecule has 3 rings (SSSR count). The van der Waals surface area contributed by atoms with Gasteiger partial charge in [0, 0.05) is 25.1 Å². The molecule has 1 heterocycles. The van der Waals surface area contributed by atoms with Crippen molar-refractivity contribution in [3.63, 3.8) is 0 Å². The summed E-state index contributed by atoms with van der Waals surface area (Å²) in [6.45, 7) is 7.83. The molecular weight excluding hydrogens is 446 g/mol. The summed E-state index contributed by atoms with van der Waals surface area (Å²) in [5, 5.41) is 9.76. The Labute approximate surface area is 207 Å². The van der Waals surface area contributed by atoms with Gasteiger partial charge in [-0.2, -0.15) is 0 Å². The number of nitrogens with one attached hydrogen (secondary N) is 3. The number of anilines is 2. The van der Waals surface area contributed by atoms with Gasteiger partial charge in [-0.05, 0) is 63.4 Å². The Morgan fingerprint density at radius 2 is 1.86 bits per heavy atom. The van der Waals surface area contributed by atoms with Crippen LogP contribution in [-0.2, 0) is 14.3 Å². The summed E-state index contributed by atoms with van der Waals surface area (Å²) in [4.78, 5) is 24.4. The minimum atomic E-state index is -0.429. The number of aryl methyl sites for hydroxylation is 2. The molecule has 0 bridgehead atoms. The Hall–Kier alpha value is -3.26. The molecule has 1 amide bonds. The van der Waals surface area contributed by atoms with Crippen LogP contribution in [0.3, 0.4) is 0 Å². The van der Waals surface area contributed by atoms with E-state index in [-0.39, 0.29) is 18.6 Å². The topological polar surface area (TPSA) is 97.9 Å². The molecule has 1 aliphatic rings. The maximum atomic E-state index is 12.7. The monoisotopic (exact) mass is 483 g/mol. The largest absolute Gasteiger partial charge is 0.491 e. The number of carbonyl (C=O) groups excluding carboxylic acids is 2. The minimum Gasteiger partial charge on any atom is -0.491 e. The van der Waals surface area contributed by atoms with Crippen LogP contribution in [-0.4, -0.2) is 50.8 Å². The quantitative estimate of drug-likeness (QED) is 0.307. The smallest absolute Gasteiger partial charge is 0.344 e. The Balaban J connectivity index is 1.63. The van der Waals surface area contributed by atoms with Gasteiger partial charge in [0.1, 0.15) is 18.1 Å². The highest BCUT2D eigenvalue weighted by Gasteiger charge is 2.17. The van der Waals surface area contributed by atoms with Gasteiger partial charge in [-0.25, -0.2) is 4.79 Å². The first-order valence-electron chi connectivity index (χ1n) is 12.3. The van der Waals surface area contributed by atoms with Crippen LogP contribution in [0.5, 0.6) is 11.5 Å². The number of esters is 1. The van der Waals surface area contributed by atoms with Gasteiger partial charge in [0.05, 0.1) is 18.0 Å². The molecular formula is C27H37N3O5.